The van der Waals surface area contributed by atoms with Crippen molar-refractivity contribution in [1.29, 1.82) is 0 Å². The van der Waals surface area contributed by atoms with E-state index in [4.69, 9.17) is 5.73 Å². The summed E-state index contributed by atoms with van der Waals surface area (Å²) in [6.07, 6.45) is 6.13. The van der Waals surface area contributed by atoms with Crippen LogP contribution < -0.4 is 5.73 Å². The molecule has 1 saturated carbocycles. The van der Waals surface area contributed by atoms with E-state index >= 15 is 0 Å². The Hall–Kier alpha value is -0.860. The van der Waals surface area contributed by atoms with Gasteiger partial charge in [0.25, 0.3) is 0 Å². The van der Waals surface area contributed by atoms with E-state index in [0.29, 0.717) is 12.1 Å². The van der Waals surface area contributed by atoms with Gasteiger partial charge < -0.3 is 10.6 Å². The molecule has 1 atom stereocenters. The van der Waals surface area contributed by atoms with Gasteiger partial charge in [0, 0.05) is 12.1 Å². The van der Waals surface area contributed by atoms with Crippen LogP contribution in [0, 0.1) is 5.92 Å². The average molecular weight is 246 g/mol. The fraction of sp³-hybridized carbons (Fsp3) is 0.625. The van der Waals surface area contributed by atoms with Crippen LogP contribution in [-0.4, -0.2) is 31.1 Å². The first-order valence-electron chi connectivity index (χ1n) is 7.12. The molecule has 1 fully saturated rings. The molecule has 0 bridgehead atoms. The highest BCUT2D eigenvalue weighted by atomic mass is 15.1. The second-order valence-electron chi connectivity index (χ2n) is 5.90. The van der Waals surface area contributed by atoms with Gasteiger partial charge >= 0.3 is 0 Å². The molecule has 0 amide bonds. The third-order valence-electron chi connectivity index (χ3n) is 4.31. The summed E-state index contributed by atoms with van der Waals surface area (Å²) in [7, 11) is 4.42. The first-order valence-corrected chi connectivity index (χ1v) is 7.12. The van der Waals surface area contributed by atoms with Crippen LogP contribution in [0.25, 0.3) is 0 Å². The normalized spacial score (nSPS) is 26.2. The molecule has 0 spiro atoms. The fourth-order valence-corrected chi connectivity index (χ4v) is 3.16. The molecule has 2 nitrogen and oxygen atoms in total. The van der Waals surface area contributed by atoms with Crippen LogP contribution in [-0.2, 0) is 6.42 Å². The molecule has 0 radical (unpaired) electrons. The minimum atomic E-state index is 0.445. The van der Waals surface area contributed by atoms with Crippen molar-refractivity contribution in [3.63, 3.8) is 0 Å². The first-order chi connectivity index (χ1) is 8.66. The van der Waals surface area contributed by atoms with Crippen molar-refractivity contribution in [2.75, 3.05) is 14.1 Å². The van der Waals surface area contributed by atoms with Gasteiger partial charge in [-0.15, -0.1) is 0 Å². The van der Waals surface area contributed by atoms with Crippen LogP contribution in [0.4, 0.5) is 0 Å². The predicted molar refractivity (Wildman–Crippen MR) is 77.6 cm³/mol. The molecule has 0 heterocycles. The van der Waals surface area contributed by atoms with E-state index in [1.807, 2.05) is 0 Å². The third-order valence-corrected chi connectivity index (χ3v) is 4.31. The Morgan fingerprint density at radius 1 is 1.11 bits per heavy atom. The lowest BCUT2D eigenvalue weighted by atomic mass is 9.79. The van der Waals surface area contributed by atoms with E-state index in [1.54, 1.807) is 0 Å². The number of benzene rings is 1. The van der Waals surface area contributed by atoms with E-state index in [9.17, 15) is 0 Å². The minimum absolute atomic E-state index is 0.445. The number of hydrogen-bond acceptors (Lipinski definition) is 2. The standard InChI is InChI=1S/C16H26N2/c1-18(2)16(12-13-6-4-3-5-7-13)14-8-10-15(17)11-9-14/h3-7,14-16H,8-12,17H2,1-2H3. The van der Waals surface area contributed by atoms with Gasteiger partial charge in [0.15, 0.2) is 0 Å². The number of nitrogens with two attached hydrogens (primary N) is 1. The van der Waals surface area contributed by atoms with Crippen molar-refractivity contribution in [2.24, 2.45) is 11.7 Å². The molecule has 1 aromatic carbocycles. The van der Waals surface area contributed by atoms with Crippen molar-refractivity contribution in [1.82, 2.24) is 4.90 Å². The molecule has 1 aliphatic rings. The number of rotatable bonds is 4. The minimum Gasteiger partial charge on any atom is -0.328 e. The van der Waals surface area contributed by atoms with Gasteiger partial charge in [-0.05, 0) is 57.7 Å². The molecule has 2 heteroatoms. The Bertz CT molecular complexity index is 339. The van der Waals surface area contributed by atoms with E-state index in [-0.39, 0.29) is 0 Å². The number of likely N-dealkylation sites (N-methyl/N-ethyl adjacent to an activating group) is 1. The van der Waals surface area contributed by atoms with Crippen LogP contribution in [0.3, 0.4) is 0 Å². The summed E-state index contributed by atoms with van der Waals surface area (Å²) < 4.78 is 0. The van der Waals surface area contributed by atoms with Crippen molar-refractivity contribution >= 4 is 0 Å². The highest BCUT2D eigenvalue weighted by Crippen LogP contribution is 2.29. The molecule has 2 rings (SSSR count). The zero-order valence-corrected chi connectivity index (χ0v) is 11.7. The molecule has 1 unspecified atom stereocenters. The summed E-state index contributed by atoms with van der Waals surface area (Å²) in [5.41, 5.74) is 7.46. The maximum Gasteiger partial charge on any atom is 0.0158 e. The Labute approximate surface area is 111 Å². The average Bonchev–Trinajstić information content (AvgIpc) is 2.38. The second kappa shape index (κ2) is 6.35. The van der Waals surface area contributed by atoms with Gasteiger partial charge in [0.05, 0.1) is 0 Å². The van der Waals surface area contributed by atoms with Gasteiger partial charge in [0.1, 0.15) is 0 Å². The zero-order chi connectivity index (χ0) is 13.0. The lowest BCUT2D eigenvalue weighted by Crippen LogP contribution is -2.40. The van der Waals surface area contributed by atoms with Gasteiger partial charge in [-0.1, -0.05) is 30.3 Å². The van der Waals surface area contributed by atoms with Crippen LogP contribution in [0.1, 0.15) is 31.2 Å². The van der Waals surface area contributed by atoms with Crippen molar-refractivity contribution in [3.8, 4) is 0 Å². The van der Waals surface area contributed by atoms with Gasteiger partial charge in [-0.3, -0.25) is 0 Å². The third kappa shape index (κ3) is 3.56. The highest BCUT2D eigenvalue weighted by molar-refractivity contribution is 5.16. The molecular weight excluding hydrogens is 220 g/mol. The second-order valence-corrected chi connectivity index (χ2v) is 5.90. The maximum absolute atomic E-state index is 6.01. The highest BCUT2D eigenvalue weighted by Gasteiger charge is 2.27. The molecule has 1 aromatic rings. The monoisotopic (exact) mass is 246 g/mol. The van der Waals surface area contributed by atoms with Gasteiger partial charge in [-0.25, -0.2) is 0 Å². The summed E-state index contributed by atoms with van der Waals surface area (Å²) in [6, 6.07) is 11.9. The SMILES string of the molecule is CN(C)C(Cc1ccccc1)C1CCC(N)CC1. The molecular formula is C16H26N2. The molecule has 2 N–H and O–H groups in total. The molecule has 0 saturated heterocycles. The summed E-state index contributed by atoms with van der Waals surface area (Å²) in [5.74, 6) is 0.806. The maximum atomic E-state index is 6.01. The molecule has 0 aliphatic heterocycles. The fourth-order valence-electron chi connectivity index (χ4n) is 3.16. The number of nitrogens with zero attached hydrogens (tertiary/aromatic N) is 1. The van der Waals surface area contributed by atoms with Crippen LogP contribution in [0.15, 0.2) is 30.3 Å². The topological polar surface area (TPSA) is 29.3 Å². The lowest BCUT2D eigenvalue weighted by molar-refractivity contribution is 0.162. The van der Waals surface area contributed by atoms with Gasteiger partial charge in [0.2, 0.25) is 0 Å². The van der Waals surface area contributed by atoms with Gasteiger partial charge in [-0.2, -0.15) is 0 Å². The van der Waals surface area contributed by atoms with E-state index in [2.05, 4.69) is 49.3 Å². The lowest BCUT2D eigenvalue weighted by Gasteiger charge is -2.36. The molecule has 0 aromatic heterocycles. The zero-order valence-electron chi connectivity index (χ0n) is 11.7. The van der Waals surface area contributed by atoms with Crippen molar-refractivity contribution in [2.45, 2.75) is 44.2 Å². The van der Waals surface area contributed by atoms with Crippen molar-refractivity contribution < 1.29 is 0 Å². The Morgan fingerprint density at radius 3 is 2.28 bits per heavy atom. The summed E-state index contributed by atoms with van der Waals surface area (Å²) in [4.78, 5) is 2.40. The Balaban J connectivity index is 2.00. The first kappa shape index (κ1) is 13.6. The Kier molecular flexibility index (Phi) is 4.79. The smallest absolute Gasteiger partial charge is 0.0158 e. The molecule has 100 valence electrons. The van der Waals surface area contributed by atoms with E-state index < -0.39 is 0 Å². The predicted octanol–water partition coefficient (Wildman–Crippen LogP) is 2.68. The van der Waals surface area contributed by atoms with E-state index in [1.165, 1.54) is 31.2 Å². The van der Waals surface area contributed by atoms with Crippen LogP contribution >= 0.6 is 0 Å². The molecule has 1 aliphatic carbocycles. The van der Waals surface area contributed by atoms with Crippen molar-refractivity contribution in [3.05, 3.63) is 35.9 Å². The molecule has 18 heavy (non-hydrogen) atoms. The van der Waals surface area contributed by atoms with E-state index in [0.717, 1.165) is 12.3 Å². The summed E-state index contributed by atoms with van der Waals surface area (Å²) in [6.45, 7) is 0. The quantitative estimate of drug-likeness (QED) is 0.885. The van der Waals surface area contributed by atoms with Crippen LogP contribution in [0.5, 0.6) is 0 Å². The summed E-state index contributed by atoms with van der Waals surface area (Å²) in [5, 5.41) is 0. The summed E-state index contributed by atoms with van der Waals surface area (Å²) >= 11 is 0. The number of hydrogen-bond donors (Lipinski definition) is 1. The Morgan fingerprint density at radius 2 is 1.72 bits per heavy atom. The van der Waals surface area contributed by atoms with Crippen LogP contribution in [0.2, 0.25) is 0 Å². The largest absolute Gasteiger partial charge is 0.328 e.